The molecule has 86 valence electrons. The predicted octanol–water partition coefficient (Wildman–Crippen LogP) is 3.75. The molecule has 3 heteroatoms. The summed E-state index contributed by atoms with van der Waals surface area (Å²) in [5, 5.41) is 3.68. The summed E-state index contributed by atoms with van der Waals surface area (Å²) in [5.41, 5.74) is 2.30. The number of pyridine rings is 1. The van der Waals surface area contributed by atoms with Gasteiger partial charge in [0.1, 0.15) is 4.60 Å². The lowest BCUT2D eigenvalue weighted by Gasteiger charge is -2.24. The van der Waals surface area contributed by atoms with Crippen LogP contribution in [0.2, 0.25) is 0 Å². The molecule has 2 aliphatic rings. The lowest BCUT2D eigenvalue weighted by molar-refractivity contribution is 0.439. The first-order valence-electron chi connectivity index (χ1n) is 6.12. The first-order chi connectivity index (χ1) is 7.72. The molecule has 2 bridgehead atoms. The Morgan fingerprint density at radius 3 is 2.81 bits per heavy atom. The molecule has 2 nitrogen and oxygen atoms in total. The Hall–Kier alpha value is -0.570. The SMILES string of the molecule is Cc1nc(Br)ccc1NC1CC2CCC1C2. The van der Waals surface area contributed by atoms with E-state index in [1.807, 2.05) is 6.07 Å². The fraction of sp³-hybridized carbons (Fsp3) is 0.615. The molecule has 2 aliphatic carbocycles. The lowest BCUT2D eigenvalue weighted by Crippen LogP contribution is -2.26. The monoisotopic (exact) mass is 280 g/mol. The Kier molecular flexibility index (Phi) is 2.66. The van der Waals surface area contributed by atoms with E-state index in [9.17, 15) is 0 Å². The van der Waals surface area contributed by atoms with Crippen molar-refractivity contribution in [1.29, 1.82) is 0 Å². The van der Waals surface area contributed by atoms with Gasteiger partial charge in [0.2, 0.25) is 0 Å². The molecular formula is C13H17BrN2. The zero-order chi connectivity index (χ0) is 11.1. The fourth-order valence-electron chi connectivity index (χ4n) is 3.30. The molecule has 3 unspecified atom stereocenters. The van der Waals surface area contributed by atoms with Crippen LogP contribution in [0.3, 0.4) is 0 Å². The van der Waals surface area contributed by atoms with Gasteiger partial charge in [0.15, 0.2) is 0 Å². The average Bonchev–Trinajstić information content (AvgIpc) is 2.84. The Balaban J connectivity index is 1.74. The van der Waals surface area contributed by atoms with E-state index < -0.39 is 0 Å². The first-order valence-corrected chi connectivity index (χ1v) is 6.91. The van der Waals surface area contributed by atoms with Gasteiger partial charge in [-0.2, -0.15) is 0 Å². The van der Waals surface area contributed by atoms with Crippen molar-refractivity contribution in [2.24, 2.45) is 11.8 Å². The molecule has 1 aromatic rings. The first kappa shape index (κ1) is 10.6. The minimum absolute atomic E-state index is 0.695. The zero-order valence-corrected chi connectivity index (χ0v) is 11.1. The molecule has 1 N–H and O–H groups in total. The Morgan fingerprint density at radius 1 is 1.31 bits per heavy atom. The standard InChI is InChI=1S/C13H17BrN2/c1-8-11(4-5-13(14)15-8)16-12-7-9-2-3-10(12)6-9/h4-5,9-10,12,16H,2-3,6-7H2,1H3. The van der Waals surface area contributed by atoms with Crippen LogP contribution in [0.1, 0.15) is 31.4 Å². The van der Waals surface area contributed by atoms with Crippen molar-refractivity contribution in [3.8, 4) is 0 Å². The van der Waals surface area contributed by atoms with E-state index in [0.717, 1.165) is 22.1 Å². The largest absolute Gasteiger partial charge is 0.381 e. The molecule has 0 radical (unpaired) electrons. The number of hydrogen-bond acceptors (Lipinski definition) is 2. The van der Waals surface area contributed by atoms with E-state index in [-0.39, 0.29) is 0 Å². The van der Waals surface area contributed by atoms with Crippen molar-refractivity contribution in [2.45, 2.75) is 38.6 Å². The van der Waals surface area contributed by atoms with Gasteiger partial charge < -0.3 is 5.32 Å². The van der Waals surface area contributed by atoms with Crippen LogP contribution in [0.15, 0.2) is 16.7 Å². The number of halogens is 1. The molecule has 2 saturated carbocycles. The van der Waals surface area contributed by atoms with Gasteiger partial charge in [-0.15, -0.1) is 0 Å². The zero-order valence-electron chi connectivity index (χ0n) is 9.54. The smallest absolute Gasteiger partial charge is 0.106 e. The van der Waals surface area contributed by atoms with Crippen LogP contribution in [-0.4, -0.2) is 11.0 Å². The molecule has 16 heavy (non-hydrogen) atoms. The number of hydrogen-bond donors (Lipinski definition) is 1. The quantitative estimate of drug-likeness (QED) is 0.835. The van der Waals surface area contributed by atoms with Gasteiger partial charge in [-0.3, -0.25) is 0 Å². The highest BCUT2D eigenvalue weighted by atomic mass is 79.9. The lowest BCUT2D eigenvalue weighted by atomic mass is 9.95. The number of aryl methyl sites for hydroxylation is 1. The summed E-state index contributed by atoms with van der Waals surface area (Å²) >= 11 is 3.40. The molecule has 0 saturated heterocycles. The summed E-state index contributed by atoms with van der Waals surface area (Å²) in [5.74, 6) is 1.90. The van der Waals surface area contributed by atoms with Gasteiger partial charge in [0.05, 0.1) is 11.4 Å². The highest BCUT2D eigenvalue weighted by Crippen LogP contribution is 2.45. The molecule has 3 rings (SSSR count). The van der Waals surface area contributed by atoms with Crippen molar-refractivity contribution in [3.63, 3.8) is 0 Å². The van der Waals surface area contributed by atoms with Crippen LogP contribution in [-0.2, 0) is 0 Å². The summed E-state index contributed by atoms with van der Waals surface area (Å²) in [6.45, 7) is 2.07. The summed E-state index contributed by atoms with van der Waals surface area (Å²) in [6.07, 6.45) is 5.69. The van der Waals surface area contributed by atoms with Crippen molar-refractivity contribution in [3.05, 3.63) is 22.4 Å². The summed E-state index contributed by atoms with van der Waals surface area (Å²) < 4.78 is 0.920. The predicted molar refractivity (Wildman–Crippen MR) is 69.5 cm³/mol. The van der Waals surface area contributed by atoms with Crippen molar-refractivity contribution in [2.75, 3.05) is 5.32 Å². The van der Waals surface area contributed by atoms with Gasteiger partial charge in [-0.05, 0) is 66.1 Å². The van der Waals surface area contributed by atoms with Crippen LogP contribution in [0, 0.1) is 18.8 Å². The van der Waals surface area contributed by atoms with Crippen LogP contribution in [0.4, 0.5) is 5.69 Å². The second-order valence-corrected chi connectivity index (χ2v) is 6.01. The van der Waals surface area contributed by atoms with Crippen LogP contribution in [0.5, 0.6) is 0 Å². The normalized spacial score (nSPS) is 32.0. The molecule has 1 heterocycles. The summed E-state index contributed by atoms with van der Waals surface area (Å²) in [7, 11) is 0. The Bertz CT molecular complexity index is 405. The number of aromatic nitrogens is 1. The van der Waals surface area contributed by atoms with Crippen LogP contribution >= 0.6 is 15.9 Å². The molecule has 0 aromatic carbocycles. The van der Waals surface area contributed by atoms with E-state index >= 15 is 0 Å². The van der Waals surface area contributed by atoms with E-state index in [2.05, 4.69) is 39.2 Å². The highest BCUT2D eigenvalue weighted by Gasteiger charge is 2.39. The number of nitrogens with zero attached hydrogens (tertiary/aromatic N) is 1. The maximum atomic E-state index is 4.43. The third-order valence-electron chi connectivity index (χ3n) is 4.13. The topological polar surface area (TPSA) is 24.9 Å². The maximum absolute atomic E-state index is 4.43. The Labute approximate surface area is 105 Å². The van der Waals surface area contributed by atoms with Gasteiger partial charge in [-0.1, -0.05) is 6.42 Å². The molecule has 3 atom stereocenters. The molecule has 1 aromatic heterocycles. The summed E-state index contributed by atoms with van der Waals surface area (Å²) in [6, 6.07) is 4.85. The molecule has 2 fully saturated rings. The van der Waals surface area contributed by atoms with Crippen molar-refractivity contribution in [1.82, 2.24) is 4.98 Å². The molecular weight excluding hydrogens is 264 g/mol. The van der Waals surface area contributed by atoms with E-state index in [0.29, 0.717) is 6.04 Å². The molecule has 0 spiro atoms. The van der Waals surface area contributed by atoms with E-state index in [1.54, 1.807) is 0 Å². The number of nitrogens with one attached hydrogen (secondary N) is 1. The third kappa shape index (κ3) is 1.86. The minimum Gasteiger partial charge on any atom is -0.381 e. The fourth-order valence-corrected chi connectivity index (χ4v) is 3.70. The van der Waals surface area contributed by atoms with Crippen LogP contribution < -0.4 is 5.32 Å². The number of fused-ring (bicyclic) bond motifs is 2. The van der Waals surface area contributed by atoms with E-state index in [4.69, 9.17) is 0 Å². The van der Waals surface area contributed by atoms with E-state index in [1.165, 1.54) is 31.4 Å². The number of rotatable bonds is 2. The maximum Gasteiger partial charge on any atom is 0.106 e. The second-order valence-electron chi connectivity index (χ2n) is 5.19. The van der Waals surface area contributed by atoms with Crippen LogP contribution in [0.25, 0.3) is 0 Å². The van der Waals surface area contributed by atoms with Crippen molar-refractivity contribution < 1.29 is 0 Å². The average molecular weight is 281 g/mol. The molecule has 0 aliphatic heterocycles. The second kappa shape index (κ2) is 4.02. The third-order valence-corrected chi connectivity index (χ3v) is 4.57. The highest BCUT2D eigenvalue weighted by molar-refractivity contribution is 9.10. The van der Waals surface area contributed by atoms with Gasteiger partial charge in [-0.25, -0.2) is 4.98 Å². The summed E-state index contributed by atoms with van der Waals surface area (Å²) in [4.78, 5) is 4.43. The van der Waals surface area contributed by atoms with Crippen molar-refractivity contribution >= 4 is 21.6 Å². The minimum atomic E-state index is 0.695. The van der Waals surface area contributed by atoms with Gasteiger partial charge >= 0.3 is 0 Å². The van der Waals surface area contributed by atoms with Gasteiger partial charge in [0.25, 0.3) is 0 Å². The molecule has 0 amide bonds. The number of anilines is 1. The van der Waals surface area contributed by atoms with Gasteiger partial charge in [0, 0.05) is 6.04 Å². The Morgan fingerprint density at radius 2 is 2.19 bits per heavy atom.